The van der Waals surface area contributed by atoms with Crippen molar-refractivity contribution >= 4 is 21.6 Å². The molecule has 1 amide bonds. The lowest BCUT2D eigenvalue weighted by atomic mass is 10.0. The summed E-state index contributed by atoms with van der Waals surface area (Å²) in [5.41, 5.74) is 1.48. The first-order valence-electron chi connectivity index (χ1n) is 16.4. The van der Waals surface area contributed by atoms with Crippen LogP contribution in [-0.4, -0.2) is 97.2 Å². The van der Waals surface area contributed by atoms with E-state index >= 15 is 0 Å². The van der Waals surface area contributed by atoms with Crippen LogP contribution in [0.1, 0.15) is 56.0 Å². The van der Waals surface area contributed by atoms with Gasteiger partial charge < -0.3 is 33.5 Å². The summed E-state index contributed by atoms with van der Waals surface area (Å²) in [6.07, 6.45) is 4.84. The largest absolute Gasteiger partial charge is 0.490 e. The summed E-state index contributed by atoms with van der Waals surface area (Å²) >= 11 is 0. The Hall–Kier alpha value is -3.85. The number of hydrogen-bond acceptors (Lipinski definition) is 10. The number of aliphatic hydroxyl groups is 1. The van der Waals surface area contributed by atoms with Crippen molar-refractivity contribution in [3.63, 3.8) is 0 Å². The van der Waals surface area contributed by atoms with Crippen molar-refractivity contribution in [3.05, 3.63) is 60.0 Å². The standard InChI is InChI=1S/C34H47N5O8S/c1-23-16-39(24(2)20-40)34(41)28-15-27(36-48(42,43)33-19-38(5)21-35-33)10-12-29(28)47-25(3)8-6-7-13-44-32(23)18-37(4)17-26-9-11-30-31(14-26)46-22-45-30/h9-12,14-15,19,21,23-25,32,36,40H,6-8,13,16-18,20,22H2,1-5H3/t23-,24+,25-,32+/m0/s1. The fraction of sp³-hybridized carbons (Fsp3) is 0.529. The molecule has 262 valence electrons. The zero-order valence-corrected chi connectivity index (χ0v) is 29.1. The number of aromatic nitrogens is 2. The molecule has 0 radical (unpaired) electrons. The maximum atomic E-state index is 14.4. The molecule has 5 rings (SSSR count). The fourth-order valence-corrected chi connectivity index (χ4v) is 6.94. The molecule has 3 heterocycles. The van der Waals surface area contributed by atoms with E-state index in [-0.39, 0.29) is 53.7 Å². The monoisotopic (exact) mass is 685 g/mol. The number of fused-ring (bicyclic) bond motifs is 2. The first-order valence-corrected chi connectivity index (χ1v) is 17.8. The van der Waals surface area contributed by atoms with E-state index in [0.29, 0.717) is 32.0 Å². The van der Waals surface area contributed by atoms with Gasteiger partial charge in [0.2, 0.25) is 6.79 Å². The van der Waals surface area contributed by atoms with Crippen molar-refractivity contribution < 1.29 is 37.3 Å². The van der Waals surface area contributed by atoms with E-state index in [0.717, 1.165) is 36.3 Å². The Morgan fingerprint density at radius 1 is 1.10 bits per heavy atom. The second-order valence-electron chi connectivity index (χ2n) is 12.9. The third-order valence-electron chi connectivity index (χ3n) is 8.64. The quantitative estimate of drug-likeness (QED) is 0.341. The van der Waals surface area contributed by atoms with Crippen LogP contribution in [0.15, 0.2) is 53.9 Å². The number of carbonyl (C=O) groups is 1. The Morgan fingerprint density at radius 3 is 2.62 bits per heavy atom. The van der Waals surface area contributed by atoms with Crippen molar-refractivity contribution in [1.29, 1.82) is 0 Å². The number of sulfonamides is 1. The van der Waals surface area contributed by atoms with Crippen LogP contribution in [0, 0.1) is 5.92 Å². The van der Waals surface area contributed by atoms with Crippen molar-refractivity contribution in [2.45, 2.75) is 69.9 Å². The number of carbonyl (C=O) groups excluding carboxylic acids is 1. The highest BCUT2D eigenvalue weighted by Crippen LogP contribution is 2.33. The number of imidazole rings is 1. The zero-order valence-electron chi connectivity index (χ0n) is 28.3. The lowest BCUT2D eigenvalue weighted by Gasteiger charge is -2.36. The van der Waals surface area contributed by atoms with E-state index in [2.05, 4.69) is 14.6 Å². The van der Waals surface area contributed by atoms with Gasteiger partial charge in [-0.15, -0.1) is 0 Å². The van der Waals surface area contributed by atoms with Crippen LogP contribution in [0.5, 0.6) is 17.2 Å². The number of aliphatic hydroxyl groups excluding tert-OH is 1. The average molecular weight is 686 g/mol. The molecule has 2 aliphatic heterocycles. The lowest BCUT2D eigenvalue weighted by molar-refractivity contribution is -0.0177. The Labute approximate surface area is 282 Å². The van der Waals surface area contributed by atoms with Crippen LogP contribution < -0.4 is 18.9 Å². The van der Waals surface area contributed by atoms with Gasteiger partial charge in [0.15, 0.2) is 16.5 Å². The first-order chi connectivity index (χ1) is 22.9. The number of anilines is 1. The molecule has 0 bridgehead atoms. The number of benzene rings is 2. The van der Waals surface area contributed by atoms with Crippen LogP contribution in [0.3, 0.4) is 0 Å². The topological polar surface area (TPSA) is 145 Å². The predicted octanol–water partition coefficient (Wildman–Crippen LogP) is 3.88. The zero-order chi connectivity index (χ0) is 34.4. The smallest absolute Gasteiger partial charge is 0.280 e. The molecule has 48 heavy (non-hydrogen) atoms. The lowest BCUT2D eigenvalue weighted by Crippen LogP contribution is -2.47. The highest BCUT2D eigenvalue weighted by atomic mass is 32.2. The van der Waals surface area contributed by atoms with Crippen molar-refractivity contribution in [2.24, 2.45) is 13.0 Å². The minimum Gasteiger partial charge on any atom is -0.490 e. The highest BCUT2D eigenvalue weighted by Gasteiger charge is 2.31. The van der Waals surface area contributed by atoms with Crippen molar-refractivity contribution in [2.75, 3.05) is 44.9 Å². The summed E-state index contributed by atoms with van der Waals surface area (Å²) in [4.78, 5) is 22.2. The van der Waals surface area contributed by atoms with Gasteiger partial charge in [-0.25, -0.2) is 4.98 Å². The van der Waals surface area contributed by atoms with Gasteiger partial charge in [0.25, 0.3) is 15.9 Å². The van der Waals surface area contributed by atoms with E-state index in [1.807, 2.05) is 39.1 Å². The van der Waals surface area contributed by atoms with E-state index < -0.39 is 16.1 Å². The van der Waals surface area contributed by atoms with E-state index in [4.69, 9.17) is 18.9 Å². The van der Waals surface area contributed by atoms with Gasteiger partial charge in [-0.1, -0.05) is 13.0 Å². The number of amides is 1. The molecular weight excluding hydrogens is 638 g/mol. The third kappa shape index (κ3) is 8.78. The van der Waals surface area contributed by atoms with E-state index in [1.165, 1.54) is 23.2 Å². The second kappa shape index (κ2) is 15.6. The van der Waals surface area contributed by atoms with Gasteiger partial charge in [-0.3, -0.25) is 14.4 Å². The average Bonchev–Trinajstić information content (AvgIpc) is 3.71. The number of rotatable bonds is 9. The SMILES string of the molecule is C[C@H](CO)N1C[C@H](C)[C@@H](CN(C)Cc2ccc3c(c2)OCO3)OCCCC[C@H](C)Oc2ccc(NS(=O)(=O)c3cn(C)cn3)cc2C1=O. The minimum absolute atomic E-state index is 0.112. The molecule has 0 fully saturated rings. The fourth-order valence-electron chi connectivity index (χ4n) is 5.91. The molecule has 2 aliphatic rings. The van der Waals surface area contributed by atoms with E-state index in [9.17, 15) is 18.3 Å². The van der Waals surface area contributed by atoms with Crippen LogP contribution in [0.25, 0.3) is 0 Å². The Kier molecular flexibility index (Phi) is 11.5. The van der Waals surface area contributed by atoms with Gasteiger partial charge in [0.1, 0.15) is 5.75 Å². The molecule has 0 saturated heterocycles. The number of aryl methyl sites for hydroxylation is 1. The molecule has 0 aliphatic carbocycles. The summed E-state index contributed by atoms with van der Waals surface area (Å²) in [6, 6.07) is 10.1. The third-order valence-corrected chi connectivity index (χ3v) is 9.91. The molecule has 4 atom stereocenters. The Morgan fingerprint density at radius 2 is 1.88 bits per heavy atom. The van der Waals surface area contributed by atoms with Gasteiger partial charge >= 0.3 is 0 Å². The molecule has 13 nitrogen and oxygen atoms in total. The summed E-state index contributed by atoms with van der Waals surface area (Å²) in [7, 11) is -0.290. The van der Waals surface area contributed by atoms with Crippen molar-refractivity contribution in [1.82, 2.24) is 19.4 Å². The van der Waals surface area contributed by atoms with Gasteiger partial charge in [0.05, 0.1) is 36.7 Å². The molecule has 2 aromatic carbocycles. The predicted molar refractivity (Wildman–Crippen MR) is 180 cm³/mol. The normalized spacial score (nSPS) is 21.4. The molecule has 14 heteroatoms. The number of ether oxygens (including phenoxy) is 4. The summed E-state index contributed by atoms with van der Waals surface area (Å²) in [6.45, 7) is 7.88. The minimum atomic E-state index is -4.01. The Bertz CT molecular complexity index is 1660. The number of hydrogen-bond donors (Lipinski definition) is 2. The second-order valence-corrected chi connectivity index (χ2v) is 14.5. The van der Waals surface area contributed by atoms with Crippen LogP contribution in [-0.2, 0) is 28.4 Å². The van der Waals surface area contributed by atoms with Gasteiger partial charge in [-0.05, 0) is 76.1 Å². The number of likely N-dealkylation sites (N-methyl/N-ethyl adjacent to an activating group) is 1. The molecular formula is C34H47N5O8S. The maximum Gasteiger partial charge on any atom is 0.280 e. The summed E-state index contributed by atoms with van der Waals surface area (Å²) in [5, 5.41) is 10.1. The van der Waals surface area contributed by atoms with Crippen molar-refractivity contribution in [3.8, 4) is 17.2 Å². The first kappa shape index (κ1) is 35.5. The molecule has 3 aromatic rings. The maximum absolute atomic E-state index is 14.4. The van der Waals surface area contributed by atoms with Crippen LogP contribution in [0.4, 0.5) is 5.69 Å². The van der Waals surface area contributed by atoms with Crippen LogP contribution in [0.2, 0.25) is 0 Å². The molecule has 0 spiro atoms. The van der Waals surface area contributed by atoms with Gasteiger partial charge in [-0.2, -0.15) is 8.42 Å². The van der Waals surface area contributed by atoms with Crippen LogP contribution >= 0.6 is 0 Å². The molecule has 0 saturated carbocycles. The highest BCUT2D eigenvalue weighted by molar-refractivity contribution is 7.92. The molecule has 2 N–H and O–H groups in total. The van der Waals surface area contributed by atoms with E-state index in [1.54, 1.807) is 31.0 Å². The summed E-state index contributed by atoms with van der Waals surface area (Å²) in [5.74, 6) is 1.34. The Balaban J connectivity index is 1.40. The van der Waals surface area contributed by atoms with Gasteiger partial charge in [0, 0.05) is 51.1 Å². The number of nitrogens with one attached hydrogen (secondary N) is 1. The molecule has 0 unspecified atom stereocenters. The molecule has 1 aromatic heterocycles. The number of nitrogens with zero attached hydrogens (tertiary/aromatic N) is 4. The summed E-state index contributed by atoms with van der Waals surface area (Å²) < 4.78 is 54.0.